The lowest BCUT2D eigenvalue weighted by Gasteiger charge is -2.09. The zero-order valence-electron chi connectivity index (χ0n) is 7.61. The van der Waals surface area contributed by atoms with Crippen molar-refractivity contribution in [3.63, 3.8) is 0 Å². The maximum atomic E-state index is 10.8. The molecule has 70 valence electrons. The van der Waals surface area contributed by atoms with Crippen molar-refractivity contribution in [1.82, 2.24) is 10.6 Å². The second-order valence-corrected chi connectivity index (χ2v) is 2.75. The van der Waals surface area contributed by atoms with Gasteiger partial charge in [-0.3, -0.25) is 0 Å². The maximum Gasteiger partial charge on any atom is 0.314 e. The number of amides is 2. The van der Waals surface area contributed by atoms with Crippen molar-refractivity contribution in [1.29, 1.82) is 0 Å². The van der Waals surface area contributed by atoms with Gasteiger partial charge in [0.2, 0.25) is 0 Å². The second kappa shape index (κ2) is 6.01. The number of carbonyl (C=O) groups excluding carboxylic acids is 1. The second-order valence-electron chi connectivity index (χ2n) is 2.75. The maximum absolute atomic E-state index is 10.8. The number of urea groups is 1. The summed E-state index contributed by atoms with van der Waals surface area (Å²) in [5, 5.41) is 5.46. The fraction of sp³-hybridized carbons (Fsp3) is 0.875. The van der Waals surface area contributed by atoms with Crippen LogP contribution in [0.15, 0.2) is 0 Å². The Balaban J connectivity index is -0.000000500. The third-order valence-electron chi connectivity index (χ3n) is 1.65. The Hall–Kier alpha value is -0.730. The molecule has 0 saturated heterocycles. The molecule has 0 fully saturated rings. The third-order valence-corrected chi connectivity index (χ3v) is 1.65. The van der Waals surface area contributed by atoms with Gasteiger partial charge in [-0.15, -0.1) is 0 Å². The molecule has 0 aromatic heterocycles. The summed E-state index contributed by atoms with van der Waals surface area (Å²) in [6.45, 7) is 7.59. The Kier molecular flexibility index (Phi) is 5.61. The van der Waals surface area contributed by atoms with E-state index in [0.717, 1.165) is 13.0 Å². The highest BCUT2D eigenvalue weighted by atomic mass is 16.2. The van der Waals surface area contributed by atoms with Crippen molar-refractivity contribution in [3.8, 4) is 0 Å². The molecule has 2 amide bonds. The normalized spacial score (nSPS) is 12.3. The average molecular weight is 162 g/mol. The van der Waals surface area contributed by atoms with Crippen LogP contribution in [0.3, 0.4) is 0 Å². The topological polar surface area (TPSA) is 41.1 Å². The molecule has 0 bridgehead atoms. The van der Waals surface area contributed by atoms with Crippen LogP contribution in [-0.2, 0) is 0 Å². The number of nitrogens with one attached hydrogen (secondary N) is 2. The predicted octanol–water partition coefficient (Wildman–Crippen LogP) is 1.84. The summed E-state index contributed by atoms with van der Waals surface area (Å²) in [5.41, 5.74) is 0. The quantitative estimate of drug-likeness (QED) is 0.650. The van der Waals surface area contributed by atoms with Gasteiger partial charge in [-0.05, 0) is 12.8 Å². The number of hydrogen-bond acceptors (Lipinski definition) is 1. The van der Waals surface area contributed by atoms with Crippen LogP contribution in [0.4, 0.5) is 4.79 Å². The molecule has 2 N–H and O–H groups in total. The van der Waals surface area contributed by atoms with E-state index in [1.54, 1.807) is 0 Å². The predicted molar refractivity (Wildman–Crippen MR) is 50.8 cm³/mol. The smallest absolute Gasteiger partial charge is 0.314 e. The Morgan fingerprint density at radius 1 is 1.45 bits per heavy atom. The van der Waals surface area contributed by atoms with Crippen LogP contribution >= 0.6 is 0 Å². The van der Waals surface area contributed by atoms with E-state index in [2.05, 4.69) is 24.5 Å². The number of carbonyl (C=O) groups is 1. The fourth-order valence-corrected chi connectivity index (χ4v) is 0.634. The molecule has 0 aliphatic carbocycles. The largest absolute Gasteiger partial charge is 0.338 e. The van der Waals surface area contributed by atoms with Gasteiger partial charge in [0, 0.05) is 15.9 Å². The molecule has 0 heterocycles. The van der Waals surface area contributed by atoms with Gasteiger partial charge in [0.25, 0.3) is 0 Å². The first-order chi connectivity index (χ1) is 5.20. The molecule has 3 nitrogen and oxygen atoms in total. The van der Waals surface area contributed by atoms with Crippen molar-refractivity contribution >= 4 is 6.03 Å². The fourth-order valence-electron chi connectivity index (χ4n) is 0.634. The molecular formula is C8H22N2O. The van der Waals surface area contributed by atoms with E-state index in [1.807, 2.05) is 6.92 Å². The molecule has 0 aliphatic heterocycles. The lowest BCUT2D eigenvalue weighted by molar-refractivity contribution is 0.239. The lowest BCUT2D eigenvalue weighted by atomic mass is 10.1. The van der Waals surface area contributed by atoms with E-state index in [4.69, 9.17) is 0 Å². The molecule has 0 spiro atoms. The van der Waals surface area contributed by atoms with E-state index < -0.39 is 0 Å². The van der Waals surface area contributed by atoms with Crippen LogP contribution in [0.5, 0.6) is 0 Å². The summed E-state index contributed by atoms with van der Waals surface area (Å²) in [7, 11) is 0. The summed E-state index contributed by atoms with van der Waals surface area (Å²) in [6, 6.07) is -0.0622. The molecule has 0 rings (SSSR count). The summed E-state index contributed by atoms with van der Waals surface area (Å²) in [6.07, 6.45) is 1.10. The SMILES string of the molecule is CCNC(=O)NCC(C)CC.[HH].[HH]. The Bertz CT molecular complexity index is 123. The van der Waals surface area contributed by atoms with Crippen molar-refractivity contribution in [2.24, 2.45) is 5.92 Å². The molecule has 1 unspecified atom stereocenters. The molecular weight excluding hydrogens is 140 g/mol. The Morgan fingerprint density at radius 2 is 2.09 bits per heavy atom. The van der Waals surface area contributed by atoms with E-state index in [1.165, 1.54) is 0 Å². The molecule has 1 atom stereocenters. The molecule has 0 aliphatic rings. The molecule has 0 saturated carbocycles. The van der Waals surface area contributed by atoms with Gasteiger partial charge in [-0.25, -0.2) is 4.79 Å². The summed E-state index contributed by atoms with van der Waals surface area (Å²) in [5.74, 6) is 0.567. The summed E-state index contributed by atoms with van der Waals surface area (Å²) >= 11 is 0. The van der Waals surface area contributed by atoms with Gasteiger partial charge >= 0.3 is 6.03 Å². The Labute approximate surface area is 71.5 Å². The van der Waals surface area contributed by atoms with Crippen molar-refractivity contribution < 1.29 is 7.65 Å². The van der Waals surface area contributed by atoms with Crippen molar-refractivity contribution in [2.45, 2.75) is 27.2 Å². The van der Waals surface area contributed by atoms with Crippen LogP contribution in [0.2, 0.25) is 0 Å². The molecule has 3 heteroatoms. The van der Waals surface area contributed by atoms with Crippen LogP contribution in [-0.4, -0.2) is 19.1 Å². The van der Waals surface area contributed by atoms with Crippen LogP contribution < -0.4 is 10.6 Å². The highest BCUT2D eigenvalue weighted by molar-refractivity contribution is 5.73. The molecule has 0 radical (unpaired) electrons. The highest BCUT2D eigenvalue weighted by Crippen LogP contribution is 1.96. The van der Waals surface area contributed by atoms with E-state index in [0.29, 0.717) is 12.5 Å². The minimum atomic E-state index is -0.0622. The van der Waals surface area contributed by atoms with Gasteiger partial charge in [-0.1, -0.05) is 20.3 Å². The minimum absolute atomic E-state index is 0. The molecule has 0 aromatic rings. The third kappa shape index (κ3) is 5.70. The molecule has 11 heavy (non-hydrogen) atoms. The zero-order chi connectivity index (χ0) is 8.69. The standard InChI is InChI=1S/C8H18N2O.2H2/c1-4-7(3)6-10-8(11)9-5-2;;/h7H,4-6H2,1-3H3,(H2,9,10,11);2*1H. The molecule has 0 aromatic carbocycles. The van der Waals surface area contributed by atoms with Crippen LogP contribution in [0, 0.1) is 5.92 Å². The first-order valence-electron chi connectivity index (χ1n) is 4.22. The average Bonchev–Trinajstić information content (AvgIpc) is 2.01. The van der Waals surface area contributed by atoms with E-state index >= 15 is 0 Å². The first-order valence-corrected chi connectivity index (χ1v) is 4.22. The van der Waals surface area contributed by atoms with Crippen molar-refractivity contribution in [2.75, 3.05) is 13.1 Å². The number of rotatable bonds is 4. The monoisotopic (exact) mass is 162 g/mol. The first kappa shape index (κ1) is 10.3. The summed E-state index contributed by atoms with van der Waals surface area (Å²) in [4.78, 5) is 10.8. The lowest BCUT2D eigenvalue weighted by Crippen LogP contribution is -2.37. The highest BCUT2D eigenvalue weighted by Gasteiger charge is 2.00. The van der Waals surface area contributed by atoms with Gasteiger partial charge in [0.05, 0.1) is 0 Å². The van der Waals surface area contributed by atoms with Crippen molar-refractivity contribution in [3.05, 3.63) is 0 Å². The zero-order valence-corrected chi connectivity index (χ0v) is 7.61. The van der Waals surface area contributed by atoms with Gasteiger partial charge in [-0.2, -0.15) is 0 Å². The van der Waals surface area contributed by atoms with Gasteiger partial charge in [0.15, 0.2) is 0 Å². The van der Waals surface area contributed by atoms with Crippen LogP contribution in [0.1, 0.15) is 30.0 Å². The Morgan fingerprint density at radius 3 is 2.55 bits per heavy atom. The van der Waals surface area contributed by atoms with E-state index in [9.17, 15) is 4.79 Å². The summed E-state index contributed by atoms with van der Waals surface area (Å²) < 4.78 is 0. The number of hydrogen-bond donors (Lipinski definition) is 2. The van der Waals surface area contributed by atoms with Gasteiger partial charge < -0.3 is 10.6 Å². The minimum Gasteiger partial charge on any atom is -0.338 e. The van der Waals surface area contributed by atoms with E-state index in [-0.39, 0.29) is 8.88 Å². The van der Waals surface area contributed by atoms with Gasteiger partial charge in [0.1, 0.15) is 0 Å². The van der Waals surface area contributed by atoms with Crippen LogP contribution in [0.25, 0.3) is 0 Å².